The summed E-state index contributed by atoms with van der Waals surface area (Å²) in [6.07, 6.45) is -4.23. The Bertz CT molecular complexity index is 396. The number of carbonyl (C=O) groups is 1. The van der Waals surface area contributed by atoms with E-state index in [1.165, 1.54) is 4.57 Å². The van der Waals surface area contributed by atoms with Crippen LogP contribution >= 0.6 is 0 Å². The Hall–Kier alpha value is -1.53. The lowest BCUT2D eigenvalue weighted by Gasteiger charge is -2.09. The van der Waals surface area contributed by atoms with Crippen molar-refractivity contribution in [1.82, 2.24) is 9.55 Å². The molecule has 0 unspecified atom stereocenters. The van der Waals surface area contributed by atoms with E-state index in [1.54, 1.807) is 13.8 Å². The van der Waals surface area contributed by atoms with Crippen LogP contribution in [0.5, 0.6) is 0 Å². The number of carboxylic acids is 1. The van der Waals surface area contributed by atoms with Crippen LogP contribution in [0.15, 0.2) is 6.20 Å². The second kappa shape index (κ2) is 4.15. The number of hydrogen-bond donors (Lipinski definition) is 1. The van der Waals surface area contributed by atoms with Gasteiger partial charge in [0, 0.05) is 12.2 Å². The number of aliphatic carboxylic acids is 1. The molecule has 1 heterocycles. The Labute approximate surface area is 89.7 Å². The van der Waals surface area contributed by atoms with Crippen molar-refractivity contribution >= 4 is 5.97 Å². The van der Waals surface area contributed by atoms with E-state index in [0.717, 1.165) is 6.20 Å². The van der Waals surface area contributed by atoms with E-state index in [9.17, 15) is 18.0 Å². The summed E-state index contributed by atoms with van der Waals surface area (Å²) in [5.74, 6) is -1.30. The van der Waals surface area contributed by atoms with Crippen LogP contribution in [0.2, 0.25) is 0 Å². The molecule has 1 rings (SSSR count). The number of carboxylic acid groups (broad SMARTS) is 1. The molecule has 0 amide bonds. The van der Waals surface area contributed by atoms with Crippen molar-refractivity contribution in [2.45, 2.75) is 32.5 Å². The van der Waals surface area contributed by atoms with Gasteiger partial charge < -0.3 is 9.67 Å². The SMILES string of the molecule is CC(C)n1cc(C(F)(F)F)nc1CC(=O)O. The molecule has 90 valence electrons. The molecule has 0 aliphatic heterocycles. The molecule has 0 aromatic carbocycles. The molecule has 1 aromatic heterocycles. The number of rotatable bonds is 3. The fourth-order valence-corrected chi connectivity index (χ4v) is 1.28. The first kappa shape index (κ1) is 12.5. The maximum atomic E-state index is 12.4. The van der Waals surface area contributed by atoms with Gasteiger partial charge in [-0.1, -0.05) is 0 Å². The van der Waals surface area contributed by atoms with Crippen LogP contribution in [0.1, 0.15) is 31.4 Å². The summed E-state index contributed by atoms with van der Waals surface area (Å²) < 4.78 is 38.3. The fraction of sp³-hybridized carbons (Fsp3) is 0.556. The summed E-state index contributed by atoms with van der Waals surface area (Å²) in [5.41, 5.74) is -1.06. The molecule has 1 N–H and O–H groups in total. The molecule has 0 saturated heterocycles. The Morgan fingerprint density at radius 1 is 1.56 bits per heavy atom. The van der Waals surface area contributed by atoms with Crippen molar-refractivity contribution in [2.75, 3.05) is 0 Å². The maximum absolute atomic E-state index is 12.4. The van der Waals surface area contributed by atoms with Crippen LogP contribution in [-0.2, 0) is 17.4 Å². The van der Waals surface area contributed by atoms with Gasteiger partial charge in [-0.15, -0.1) is 0 Å². The van der Waals surface area contributed by atoms with Crippen LogP contribution < -0.4 is 0 Å². The maximum Gasteiger partial charge on any atom is 0.434 e. The Morgan fingerprint density at radius 2 is 2.12 bits per heavy atom. The molecule has 0 saturated carbocycles. The van der Waals surface area contributed by atoms with Crippen molar-refractivity contribution in [3.8, 4) is 0 Å². The quantitative estimate of drug-likeness (QED) is 0.874. The van der Waals surface area contributed by atoms with Crippen molar-refractivity contribution < 1.29 is 23.1 Å². The van der Waals surface area contributed by atoms with Gasteiger partial charge in [0.25, 0.3) is 0 Å². The first-order chi connectivity index (χ1) is 7.21. The summed E-state index contributed by atoms with van der Waals surface area (Å²) in [6.45, 7) is 3.32. The standard InChI is InChI=1S/C9H11F3N2O2/c1-5(2)14-4-6(9(10,11)12)13-7(14)3-8(15)16/h4-5H,3H2,1-2H3,(H,15,16). The third kappa shape index (κ3) is 2.74. The molecule has 0 aliphatic rings. The molecule has 4 nitrogen and oxygen atoms in total. The zero-order valence-corrected chi connectivity index (χ0v) is 8.75. The number of hydrogen-bond acceptors (Lipinski definition) is 2. The van der Waals surface area contributed by atoms with Crippen molar-refractivity contribution in [3.63, 3.8) is 0 Å². The number of nitrogens with zero attached hydrogens (tertiary/aromatic N) is 2. The predicted molar refractivity (Wildman–Crippen MR) is 49.0 cm³/mol. The van der Waals surface area contributed by atoms with E-state index in [-0.39, 0.29) is 11.9 Å². The van der Waals surface area contributed by atoms with Gasteiger partial charge in [-0.25, -0.2) is 4.98 Å². The summed E-state index contributed by atoms with van der Waals surface area (Å²) >= 11 is 0. The lowest BCUT2D eigenvalue weighted by Crippen LogP contribution is -2.10. The Kier molecular flexibility index (Phi) is 3.25. The van der Waals surface area contributed by atoms with Gasteiger partial charge >= 0.3 is 12.1 Å². The number of halogens is 3. The van der Waals surface area contributed by atoms with E-state index < -0.39 is 24.3 Å². The third-order valence-corrected chi connectivity index (χ3v) is 1.97. The van der Waals surface area contributed by atoms with Gasteiger partial charge in [0.05, 0.1) is 0 Å². The number of imidazole rings is 1. The molecule has 0 aliphatic carbocycles. The van der Waals surface area contributed by atoms with E-state index >= 15 is 0 Å². The van der Waals surface area contributed by atoms with Crippen LogP contribution in [0.25, 0.3) is 0 Å². The molecule has 16 heavy (non-hydrogen) atoms. The lowest BCUT2D eigenvalue weighted by atomic mass is 10.3. The van der Waals surface area contributed by atoms with Crippen LogP contribution in [0.4, 0.5) is 13.2 Å². The van der Waals surface area contributed by atoms with E-state index in [1.807, 2.05) is 0 Å². The van der Waals surface area contributed by atoms with Gasteiger partial charge in [-0.05, 0) is 13.8 Å². The second-order valence-corrected chi connectivity index (χ2v) is 3.61. The Balaban J connectivity index is 3.15. The Morgan fingerprint density at radius 3 is 2.50 bits per heavy atom. The van der Waals surface area contributed by atoms with Crippen molar-refractivity contribution in [3.05, 3.63) is 17.7 Å². The first-order valence-corrected chi connectivity index (χ1v) is 4.58. The van der Waals surface area contributed by atoms with Crippen LogP contribution in [0, 0.1) is 0 Å². The van der Waals surface area contributed by atoms with Gasteiger partial charge in [-0.2, -0.15) is 13.2 Å². The van der Waals surface area contributed by atoms with Crippen LogP contribution in [-0.4, -0.2) is 20.6 Å². The van der Waals surface area contributed by atoms with Gasteiger partial charge in [0.2, 0.25) is 0 Å². The minimum absolute atomic E-state index is 0.0881. The van der Waals surface area contributed by atoms with E-state index in [0.29, 0.717) is 0 Å². The largest absolute Gasteiger partial charge is 0.481 e. The molecule has 0 bridgehead atoms. The molecule has 0 fully saturated rings. The average Bonchev–Trinajstić information content (AvgIpc) is 2.45. The molecule has 7 heteroatoms. The summed E-state index contributed by atoms with van der Waals surface area (Å²) in [5, 5.41) is 8.55. The highest BCUT2D eigenvalue weighted by Crippen LogP contribution is 2.29. The molecule has 0 atom stereocenters. The third-order valence-electron chi connectivity index (χ3n) is 1.97. The summed E-state index contributed by atoms with van der Waals surface area (Å²) in [7, 11) is 0. The summed E-state index contributed by atoms with van der Waals surface area (Å²) in [6, 6.07) is -0.266. The monoisotopic (exact) mass is 236 g/mol. The zero-order chi connectivity index (χ0) is 12.5. The topological polar surface area (TPSA) is 55.1 Å². The minimum Gasteiger partial charge on any atom is -0.481 e. The van der Waals surface area contributed by atoms with Crippen molar-refractivity contribution in [1.29, 1.82) is 0 Å². The summed E-state index contributed by atoms with van der Waals surface area (Å²) in [4.78, 5) is 13.8. The molecule has 0 radical (unpaired) electrons. The highest BCUT2D eigenvalue weighted by Gasteiger charge is 2.35. The van der Waals surface area contributed by atoms with Crippen LogP contribution in [0.3, 0.4) is 0 Å². The van der Waals surface area contributed by atoms with Gasteiger partial charge in [0.15, 0.2) is 5.69 Å². The van der Waals surface area contributed by atoms with E-state index in [2.05, 4.69) is 4.98 Å². The molecular weight excluding hydrogens is 225 g/mol. The number of alkyl halides is 3. The van der Waals surface area contributed by atoms with Crippen molar-refractivity contribution in [2.24, 2.45) is 0 Å². The minimum atomic E-state index is -4.55. The lowest BCUT2D eigenvalue weighted by molar-refractivity contribution is -0.141. The highest BCUT2D eigenvalue weighted by molar-refractivity contribution is 5.69. The first-order valence-electron chi connectivity index (χ1n) is 4.58. The van der Waals surface area contributed by atoms with Gasteiger partial charge in [0.1, 0.15) is 12.2 Å². The fourth-order valence-electron chi connectivity index (χ4n) is 1.28. The predicted octanol–water partition coefficient (Wildman–Crippen LogP) is 2.11. The number of aromatic nitrogens is 2. The smallest absolute Gasteiger partial charge is 0.434 e. The highest BCUT2D eigenvalue weighted by atomic mass is 19.4. The normalized spacial score (nSPS) is 12.1. The average molecular weight is 236 g/mol. The molecule has 0 spiro atoms. The second-order valence-electron chi connectivity index (χ2n) is 3.61. The zero-order valence-electron chi connectivity index (χ0n) is 8.75. The molecular formula is C9H11F3N2O2. The van der Waals surface area contributed by atoms with E-state index in [4.69, 9.17) is 5.11 Å². The molecule has 1 aromatic rings. The van der Waals surface area contributed by atoms with Gasteiger partial charge in [-0.3, -0.25) is 4.79 Å².